The van der Waals surface area contributed by atoms with Gasteiger partial charge >= 0.3 is 0 Å². The Morgan fingerprint density at radius 2 is 1.97 bits per heavy atom. The standard InChI is InChI=1S/C23H34N6O3/c1-15-21-19(13-23(2,3)14-20(21)30)29(28-15)16-4-5-17(22(25)31)18(12-16)27-9-11-32-10-8-26-7-6-24/h4-5,12,26-27H,6-11,13-14,24H2,1-3H3,(H2,25,31). The molecule has 6 N–H and O–H groups in total. The molecule has 0 radical (unpaired) electrons. The van der Waals surface area contributed by atoms with Gasteiger partial charge in [-0.3, -0.25) is 9.59 Å². The van der Waals surface area contributed by atoms with Gasteiger partial charge in [0.2, 0.25) is 0 Å². The van der Waals surface area contributed by atoms with Crippen molar-refractivity contribution < 1.29 is 14.3 Å². The van der Waals surface area contributed by atoms with Crippen molar-refractivity contribution in [3.05, 3.63) is 40.7 Å². The fraction of sp³-hybridized carbons (Fsp3) is 0.522. The minimum atomic E-state index is -0.513. The van der Waals surface area contributed by atoms with Crippen LogP contribution >= 0.6 is 0 Å². The fourth-order valence-electron chi connectivity index (χ4n) is 4.11. The van der Waals surface area contributed by atoms with Crippen LogP contribution in [0.2, 0.25) is 0 Å². The largest absolute Gasteiger partial charge is 0.382 e. The van der Waals surface area contributed by atoms with Crippen LogP contribution in [0.15, 0.2) is 18.2 Å². The van der Waals surface area contributed by atoms with Crippen LogP contribution < -0.4 is 22.1 Å². The molecule has 0 aliphatic heterocycles. The third-order valence-corrected chi connectivity index (χ3v) is 5.54. The van der Waals surface area contributed by atoms with E-state index in [1.807, 2.05) is 23.7 Å². The van der Waals surface area contributed by atoms with Crippen molar-refractivity contribution in [2.24, 2.45) is 16.9 Å². The Labute approximate surface area is 188 Å². The second-order valence-corrected chi connectivity index (χ2v) is 8.93. The lowest BCUT2D eigenvalue weighted by Gasteiger charge is -2.29. The second-order valence-electron chi connectivity index (χ2n) is 8.93. The highest BCUT2D eigenvalue weighted by Gasteiger charge is 2.35. The summed E-state index contributed by atoms with van der Waals surface area (Å²) in [6.07, 6.45) is 1.27. The number of carbonyl (C=O) groups excluding carboxylic acids is 2. The molecule has 0 saturated carbocycles. The second kappa shape index (κ2) is 10.2. The first kappa shape index (κ1) is 23.9. The van der Waals surface area contributed by atoms with Crippen LogP contribution in [0.25, 0.3) is 5.69 Å². The molecule has 0 unspecified atom stereocenters. The number of aromatic nitrogens is 2. The molecular weight excluding hydrogens is 408 g/mol. The maximum atomic E-state index is 12.7. The number of nitrogens with one attached hydrogen (secondary N) is 2. The van der Waals surface area contributed by atoms with Gasteiger partial charge in [0.15, 0.2) is 5.78 Å². The molecule has 9 nitrogen and oxygen atoms in total. The van der Waals surface area contributed by atoms with E-state index in [1.165, 1.54) is 0 Å². The van der Waals surface area contributed by atoms with Crippen molar-refractivity contribution in [3.8, 4) is 5.69 Å². The van der Waals surface area contributed by atoms with E-state index >= 15 is 0 Å². The average Bonchev–Trinajstić information content (AvgIpc) is 3.04. The number of aryl methyl sites for hydroxylation is 1. The third kappa shape index (κ3) is 5.53. The number of rotatable bonds is 11. The molecule has 0 atom stereocenters. The maximum Gasteiger partial charge on any atom is 0.250 e. The summed E-state index contributed by atoms with van der Waals surface area (Å²) in [4.78, 5) is 24.6. The van der Waals surface area contributed by atoms with Gasteiger partial charge in [0, 0.05) is 38.3 Å². The van der Waals surface area contributed by atoms with E-state index in [0.717, 1.165) is 42.1 Å². The van der Waals surface area contributed by atoms with Gasteiger partial charge in [-0.05, 0) is 37.0 Å². The molecule has 1 aromatic carbocycles. The Morgan fingerprint density at radius 3 is 2.69 bits per heavy atom. The van der Waals surface area contributed by atoms with Gasteiger partial charge < -0.3 is 26.8 Å². The van der Waals surface area contributed by atoms with E-state index in [9.17, 15) is 9.59 Å². The van der Waals surface area contributed by atoms with Crippen LogP contribution in [-0.4, -0.2) is 60.9 Å². The normalized spacial score (nSPS) is 14.9. The molecule has 174 valence electrons. The van der Waals surface area contributed by atoms with Crippen molar-refractivity contribution in [1.82, 2.24) is 15.1 Å². The summed E-state index contributed by atoms with van der Waals surface area (Å²) in [5.41, 5.74) is 15.0. The van der Waals surface area contributed by atoms with Gasteiger partial charge in [0.25, 0.3) is 5.91 Å². The van der Waals surface area contributed by atoms with Gasteiger partial charge in [-0.25, -0.2) is 4.68 Å². The highest BCUT2D eigenvalue weighted by atomic mass is 16.5. The lowest BCUT2D eigenvalue weighted by Crippen LogP contribution is -2.28. The Morgan fingerprint density at radius 1 is 1.22 bits per heavy atom. The molecule has 0 saturated heterocycles. The van der Waals surface area contributed by atoms with Crippen LogP contribution in [0.3, 0.4) is 0 Å². The minimum absolute atomic E-state index is 0.126. The van der Waals surface area contributed by atoms with E-state index < -0.39 is 5.91 Å². The molecule has 9 heteroatoms. The van der Waals surface area contributed by atoms with Gasteiger partial charge in [-0.15, -0.1) is 0 Å². The summed E-state index contributed by atoms with van der Waals surface area (Å²) < 4.78 is 7.41. The first-order valence-electron chi connectivity index (χ1n) is 11.0. The number of anilines is 1. The van der Waals surface area contributed by atoms with Crippen LogP contribution in [-0.2, 0) is 11.2 Å². The Bertz CT molecular complexity index is 982. The number of primary amides is 1. The topological polar surface area (TPSA) is 137 Å². The van der Waals surface area contributed by atoms with E-state index in [2.05, 4.69) is 29.6 Å². The first-order valence-corrected chi connectivity index (χ1v) is 11.0. The molecule has 1 aromatic heterocycles. The summed E-state index contributed by atoms with van der Waals surface area (Å²) in [6, 6.07) is 5.35. The van der Waals surface area contributed by atoms with Crippen LogP contribution in [0.1, 0.15) is 52.4 Å². The van der Waals surface area contributed by atoms with Crippen molar-refractivity contribution in [2.75, 3.05) is 44.7 Å². The zero-order chi connectivity index (χ0) is 23.3. The van der Waals surface area contributed by atoms with Gasteiger partial charge in [0.1, 0.15) is 0 Å². The average molecular weight is 443 g/mol. The predicted octanol–water partition coefficient (Wildman–Crippen LogP) is 1.41. The van der Waals surface area contributed by atoms with E-state index in [-0.39, 0.29) is 11.2 Å². The molecular formula is C23H34N6O3. The molecule has 1 aliphatic carbocycles. The Hall–Kier alpha value is -2.75. The van der Waals surface area contributed by atoms with Crippen molar-refractivity contribution in [2.45, 2.75) is 33.6 Å². The number of hydrogen-bond acceptors (Lipinski definition) is 7. The van der Waals surface area contributed by atoms with E-state index in [1.54, 1.807) is 6.07 Å². The van der Waals surface area contributed by atoms with E-state index in [0.29, 0.717) is 44.0 Å². The number of nitrogens with zero attached hydrogens (tertiary/aromatic N) is 2. The number of benzene rings is 1. The smallest absolute Gasteiger partial charge is 0.250 e. The number of Topliss-reactive ketones (excluding diaryl/α,β-unsaturated/α-hetero) is 1. The number of fused-ring (bicyclic) bond motifs is 1. The molecule has 1 heterocycles. The monoisotopic (exact) mass is 442 g/mol. The van der Waals surface area contributed by atoms with Crippen LogP contribution in [0, 0.1) is 12.3 Å². The summed E-state index contributed by atoms with van der Waals surface area (Å²) >= 11 is 0. The third-order valence-electron chi connectivity index (χ3n) is 5.54. The predicted molar refractivity (Wildman–Crippen MR) is 124 cm³/mol. The highest BCUT2D eigenvalue weighted by molar-refractivity contribution is 6.00. The first-order chi connectivity index (χ1) is 15.2. The van der Waals surface area contributed by atoms with Crippen LogP contribution in [0.4, 0.5) is 5.69 Å². The van der Waals surface area contributed by atoms with Crippen LogP contribution in [0.5, 0.6) is 0 Å². The minimum Gasteiger partial charge on any atom is -0.382 e. The molecule has 0 bridgehead atoms. The zero-order valence-corrected chi connectivity index (χ0v) is 19.2. The summed E-state index contributed by atoms with van der Waals surface area (Å²) in [5.74, 6) is -0.383. The fourth-order valence-corrected chi connectivity index (χ4v) is 4.11. The molecule has 1 amide bonds. The summed E-state index contributed by atoms with van der Waals surface area (Å²) in [5, 5.41) is 11.1. The number of ketones is 1. The quantitative estimate of drug-likeness (QED) is 0.386. The van der Waals surface area contributed by atoms with Gasteiger partial charge in [-0.1, -0.05) is 13.8 Å². The van der Waals surface area contributed by atoms with E-state index in [4.69, 9.17) is 16.2 Å². The lowest BCUT2D eigenvalue weighted by molar-refractivity contribution is 0.0909. The maximum absolute atomic E-state index is 12.7. The Kier molecular flexibility index (Phi) is 7.65. The number of hydrogen-bond donors (Lipinski definition) is 4. The van der Waals surface area contributed by atoms with Crippen molar-refractivity contribution >= 4 is 17.4 Å². The molecule has 0 spiro atoms. The molecule has 1 aliphatic rings. The lowest BCUT2D eigenvalue weighted by atomic mass is 9.75. The van der Waals surface area contributed by atoms with Gasteiger partial charge in [-0.2, -0.15) is 5.10 Å². The van der Waals surface area contributed by atoms with Gasteiger partial charge in [0.05, 0.1) is 41.4 Å². The molecule has 32 heavy (non-hydrogen) atoms. The number of amides is 1. The molecule has 2 aromatic rings. The number of ether oxygens (including phenoxy) is 1. The molecule has 0 fully saturated rings. The summed E-state index contributed by atoms with van der Waals surface area (Å²) in [6.45, 7) is 9.71. The molecule has 3 rings (SSSR count). The summed E-state index contributed by atoms with van der Waals surface area (Å²) in [7, 11) is 0. The number of carbonyl (C=O) groups is 2. The highest BCUT2D eigenvalue weighted by Crippen LogP contribution is 2.37. The van der Waals surface area contributed by atoms with Crippen molar-refractivity contribution in [3.63, 3.8) is 0 Å². The Balaban J connectivity index is 1.78. The number of nitrogens with two attached hydrogens (primary N) is 2. The SMILES string of the molecule is Cc1nn(-c2ccc(C(N)=O)c(NCCOCCNCCN)c2)c2c1C(=O)CC(C)(C)C2. The van der Waals surface area contributed by atoms with Crippen molar-refractivity contribution in [1.29, 1.82) is 0 Å². The zero-order valence-electron chi connectivity index (χ0n) is 19.2.